The van der Waals surface area contributed by atoms with Gasteiger partial charge >= 0.3 is 30.3 Å². The van der Waals surface area contributed by atoms with Crippen LogP contribution in [0.3, 0.4) is 0 Å². The number of hydrogen-bond donors (Lipinski definition) is 4. The third kappa shape index (κ3) is 10.2. The number of piperidine rings is 1. The van der Waals surface area contributed by atoms with Crippen LogP contribution in [0.4, 0.5) is 45.3 Å². The van der Waals surface area contributed by atoms with Gasteiger partial charge in [-0.25, -0.2) is 22.8 Å². The molecule has 3 aliphatic heterocycles. The van der Waals surface area contributed by atoms with Gasteiger partial charge in [0.2, 0.25) is 5.91 Å². The topological polar surface area (TPSA) is 178 Å². The number of fused-ring (bicyclic) bond motifs is 3. The van der Waals surface area contributed by atoms with Crippen LogP contribution < -0.4 is 15.0 Å². The fourth-order valence-electron chi connectivity index (χ4n) is 7.77. The molecule has 22 heteroatoms. The normalized spacial score (nSPS) is 20.5. The zero-order valence-corrected chi connectivity index (χ0v) is 31.9. The zero-order valence-electron chi connectivity index (χ0n) is 31.9. The van der Waals surface area contributed by atoms with E-state index in [1.165, 1.54) is 31.3 Å². The molecule has 3 atom stereocenters. The summed E-state index contributed by atoms with van der Waals surface area (Å²) >= 11 is 0. The van der Waals surface area contributed by atoms with E-state index in [4.69, 9.17) is 29.5 Å². The lowest BCUT2D eigenvalue weighted by Gasteiger charge is -2.34. The summed E-state index contributed by atoms with van der Waals surface area (Å²) < 4.78 is 116. The standard InChI is InChI=1S/C34H37F3N6O3.2C2HF3O2/c1-3-24-27(36)8-7-20-12-23(45)13-25(28(20)24)30-29(37)31-26(15-38-30)32(42-10-4-6-22(17-42)39-19(2)44)41-33(40-31)46-18-34-9-5-11-43(34)16-21(35)14-34;2*3-2(4,5)1(6)7/h7-8,12-13,15,21-22,45H,3-6,9-11,14,16-18H2,1-2H3,(H,39,44);2*(H,6,7)/t21-,22-,34+;;/m1../s1. The number of anilines is 1. The number of ether oxygens (including phenoxy) is 1. The molecule has 13 nitrogen and oxygen atoms in total. The molecule has 3 fully saturated rings. The molecule has 2 aromatic heterocycles. The number of carbonyl (C=O) groups excluding carboxylic acids is 1. The molecule has 4 N–H and O–H groups in total. The van der Waals surface area contributed by atoms with Crippen LogP contribution in [0.25, 0.3) is 32.9 Å². The molecule has 0 unspecified atom stereocenters. The molecule has 60 heavy (non-hydrogen) atoms. The van der Waals surface area contributed by atoms with Crippen LogP contribution in [0.2, 0.25) is 0 Å². The number of carbonyl (C=O) groups is 3. The molecule has 3 saturated heterocycles. The van der Waals surface area contributed by atoms with E-state index in [0.29, 0.717) is 60.0 Å². The monoisotopic (exact) mass is 862 g/mol. The molecule has 0 saturated carbocycles. The van der Waals surface area contributed by atoms with Crippen LogP contribution >= 0.6 is 0 Å². The van der Waals surface area contributed by atoms with Crippen molar-refractivity contribution >= 4 is 45.3 Å². The van der Waals surface area contributed by atoms with Gasteiger partial charge in [0.25, 0.3) is 0 Å². The van der Waals surface area contributed by atoms with E-state index in [2.05, 4.69) is 20.2 Å². The Morgan fingerprint density at radius 3 is 2.27 bits per heavy atom. The number of amides is 1. The van der Waals surface area contributed by atoms with Gasteiger partial charge in [-0.05, 0) is 73.2 Å². The van der Waals surface area contributed by atoms with Crippen molar-refractivity contribution in [1.29, 1.82) is 0 Å². The Morgan fingerprint density at radius 1 is 0.983 bits per heavy atom. The number of nitrogens with zero attached hydrogens (tertiary/aromatic N) is 5. The first kappa shape index (κ1) is 45.4. The number of nitrogens with one attached hydrogen (secondary N) is 1. The minimum absolute atomic E-state index is 0.0341. The van der Waals surface area contributed by atoms with E-state index >= 15 is 4.39 Å². The van der Waals surface area contributed by atoms with Crippen LogP contribution in [0.1, 0.15) is 51.5 Å². The number of rotatable bonds is 7. The van der Waals surface area contributed by atoms with Crippen molar-refractivity contribution in [2.75, 3.05) is 37.7 Å². The highest BCUT2D eigenvalue weighted by Gasteiger charge is 2.49. The number of alkyl halides is 7. The predicted octanol–water partition coefficient (Wildman–Crippen LogP) is 6.72. The lowest BCUT2D eigenvalue weighted by molar-refractivity contribution is -0.193. The number of hydrogen-bond acceptors (Lipinski definition) is 10. The van der Waals surface area contributed by atoms with E-state index in [0.717, 1.165) is 32.2 Å². The Kier molecular flexibility index (Phi) is 13.5. The molecule has 4 aromatic rings. The first-order valence-electron chi connectivity index (χ1n) is 18.5. The van der Waals surface area contributed by atoms with Crippen molar-refractivity contribution in [3.05, 3.63) is 47.7 Å². The SMILES string of the molecule is CCc1c(F)ccc2cc(O)cc(-c3ncc4c(N5CCC[C@@H](NC(C)=O)C5)nc(OC[C@@]56CCCN5C[C@H](F)C6)nc4c3F)c12.O=C(O)C(F)(F)F.O=C(O)C(F)(F)F. The maximum absolute atomic E-state index is 16.8. The average molecular weight is 863 g/mol. The summed E-state index contributed by atoms with van der Waals surface area (Å²) in [7, 11) is 0. The van der Waals surface area contributed by atoms with E-state index < -0.39 is 47.6 Å². The highest BCUT2D eigenvalue weighted by atomic mass is 19.4. The van der Waals surface area contributed by atoms with Crippen LogP contribution in [-0.4, -0.2) is 116 Å². The van der Waals surface area contributed by atoms with Gasteiger partial charge in [-0.2, -0.15) is 36.3 Å². The van der Waals surface area contributed by atoms with Gasteiger partial charge in [0, 0.05) is 50.8 Å². The van der Waals surface area contributed by atoms with Crippen LogP contribution in [0.5, 0.6) is 11.8 Å². The number of halogens is 9. The Morgan fingerprint density at radius 2 is 1.65 bits per heavy atom. The fourth-order valence-corrected chi connectivity index (χ4v) is 7.77. The summed E-state index contributed by atoms with van der Waals surface area (Å²) in [6, 6.07) is 5.64. The molecular formula is C38H39F9N6O7. The number of aromatic hydroxyl groups is 1. The predicted molar refractivity (Wildman–Crippen MR) is 196 cm³/mol. The smallest absolute Gasteiger partial charge is 0.490 e. The van der Waals surface area contributed by atoms with Crippen LogP contribution in [0, 0.1) is 11.6 Å². The third-order valence-electron chi connectivity index (χ3n) is 10.2. The van der Waals surface area contributed by atoms with Gasteiger partial charge in [-0.15, -0.1) is 0 Å². The second-order valence-corrected chi connectivity index (χ2v) is 14.4. The number of phenols is 1. The van der Waals surface area contributed by atoms with E-state index in [1.807, 2.05) is 11.8 Å². The van der Waals surface area contributed by atoms with Crippen LogP contribution in [-0.2, 0) is 20.8 Å². The minimum atomic E-state index is -5.08. The second kappa shape index (κ2) is 17.9. The summed E-state index contributed by atoms with van der Waals surface area (Å²) in [5.74, 6) is -6.52. The minimum Gasteiger partial charge on any atom is -0.508 e. The summed E-state index contributed by atoms with van der Waals surface area (Å²) in [5.41, 5.74) is 0.0609. The van der Waals surface area contributed by atoms with Crippen molar-refractivity contribution in [2.24, 2.45) is 0 Å². The van der Waals surface area contributed by atoms with Gasteiger partial charge < -0.3 is 30.3 Å². The van der Waals surface area contributed by atoms with Gasteiger partial charge in [-0.3, -0.25) is 14.7 Å². The fraction of sp³-hybridized carbons (Fsp3) is 0.474. The molecule has 326 valence electrons. The molecule has 2 aromatic carbocycles. The number of aromatic nitrogens is 3. The highest BCUT2D eigenvalue weighted by molar-refractivity contribution is 6.01. The molecule has 0 spiro atoms. The Labute approximate surface area is 335 Å². The lowest BCUT2D eigenvalue weighted by Crippen LogP contribution is -2.47. The number of pyridine rings is 1. The molecule has 0 bridgehead atoms. The molecule has 7 rings (SSSR count). The highest BCUT2D eigenvalue weighted by Crippen LogP contribution is 2.42. The number of aliphatic carboxylic acids is 2. The molecular weight excluding hydrogens is 823 g/mol. The number of phenolic OH excluding ortho intramolecular Hbond substituents is 1. The maximum Gasteiger partial charge on any atom is 0.490 e. The van der Waals surface area contributed by atoms with E-state index in [9.17, 15) is 45.0 Å². The Hall–Kier alpha value is -5.67. The average Bonchev–Trinajstić information content (AvgIpc) is 3.69. The van der Waals surface area contributed by atoms with Gasteiger partial charge in [0.1, 0.15) is 41.4 Å². The van der Waals surface area contributed by atoms with Crippen molar-refractivity contribution < 1.29 is 74.0 Å². The molecule has 0 radical (unpaired) electrons. The number of aryl methyl sites for hydroxylation is 1. The lowest BCUT2D eigenvalue weighted by atomic mass is 9.94. The molecule has 3 aliphatic rings. The summed E-state index contributed by atoms with van der Waals surface area (Å²) in [6.45, 7) is 5.69. The van der Waals surface area contributed by atoms with Crippen molar-refractivity contribution in [2.45, 2.75) is 82.5 Å². The summed E-state index contributed by atoms with van der Waals surface area (Å²) in [5, 5.41) is 29.2. The molecule has 5 heterocycles. The van der Waals surface area contributed by atoms with E-state index in [1.54, 1.807) is 6.07 Å². The third-order valence-corrected chi connectivity index (χ3v) is 10.2. The largest absolute Gasteiger partial charge is 0.508 e. The molecule has 1 amide bonds. The Bertz CT molecular complexity index is 2240. The second-order valence-electron chi connectivity index (χ2n) is 14.4. The van der Waals surface area contributed by atoms with E-state index in [-0.39, 0.29) is 47.1 Å². The number of carboxylic acid groups (broad SMARTS) is 2. The zero-order chi connectivity index (χ0) is 44.3. The molecule has 0 aliphatic carbocycles. The van der Waals surface area contributed by atoms with Gasteiger partial charge in [0.15, 0.2) is 5.82 Å². The first-order valence-corrected chi connectivity index (χ1v) is 18.5. The summed E-state index contributed by atoms with van der Waals surface area (Å²) in [6.07, 6.45) is -5.58. The Balaban J connectivity index is 0.000000420. The van der Waals surface area contributed by atoms with Gasteiger partial charge in [-0.1, -0.05) is 13.0 Å². The van der Waals surface area contributed by atoms with Crippen molar-refractivity contribution in [3.63, 3.8) is 0 Å². The van der Waals surface area contributed by atoms with Crippen molar-refractivity contribution in [3.8, 4) is 23.0 Å². The summed E-state index contributed by atoms with van der Waals surface area (Å²) in [4.78, 5) is 47.5. The van der Waals surface area contributed by atoms with Crippen LogP contribution in [0.15, 0.2) is 30.5 Å². The quantitative estimate of drug-likeness (QED) is 0.145. The number of benzene rings is 2. The maximum atomic E-state index is 16.8. The number of carboxylic acids is 2. The first-order chi connectivity index (χ1) is 28.0. The van der Waals surface area contributed by atoms with Crippen molar-refractivity contribution in [1.82, 2.24) is 25.2 Å². The van der Waals surface area contributed by atoms with Gasteiger partial charge in [0.05, 0.1) is 10.9 Å².